The van der Waals surface area contributed by atoms with Gasteiger partial charge in [0.25, 0.3) is 0 Å². The van der Waals surface area contributed by atoms with Crippen molar-refractivity contribution in [1.29, 1.82) is 0 Å². The average Bonchev–Trinajstić information content (AvgIpc) is 3.09. The number of unbranched alkanes of at least 4 members (excludes halogenated alkanes) is 1. The lowest BCUT2D eigenvalue weighted by molar-refractivity contribution is -0.128. The molecule has 1 fully saturated rings. The summed E-state index contributed by atoms with van der Waals surface area (Å²) in [6.07, 6.45) is 10.00. The summed E-state index contributed by atoms with van der Waals surface area (Å²) in [5, 5.41) is 3.15. The fourth-order valence-corrected chi connectivity index (χ4v) is 6.14. The van der Waals surface area contributed by atoms with E-state index in [0.717, 1.165) is 81.0 Å². The van der Waals surface area contributed by atoms with Gasteiger partial charge in [-0.2, -0.15) is 0 Å². The third-order valence-electron chi connectivity index (χ3n) is 8.10. The Morgan fingerprint density at radius 2 is 1.75 bits per heavy atom. The molecular weight excluding hydrogens is 524 g/mol. The van der Waals surface area contributed by atoms with Crippen LogP contribution in [-0.2, 0) is 28.0 Å². The molecule has 7 nitrogen and oxygen atoms in total. The summed E-state index contributed by atoms with van der Waals surface area (Å²) in [6, 6.07) is 16.6. The molecule has 2 aromatic carbocycles. The number of hydrogen-bond donors (Lipinski definition) is 2. The maximum atomic E-state index is 13.4. The lowest BCUT2D eigenvalue weighted by atomic mass is 9.71. The monoisotopic (exact) mass is 562 g/mol. The van der Waals surface area contributed by atoms with Crippen molar-refractivity contribution < 1.29 is 14.4 Å². The molecule has 1 saturated carbocycles. The number of nitrogens with one attached hydrogen (secondary N) is 1. The number of nitrogens with zero attached hydrogens (tertiary/aromatic N) is 2. The zero-order chi connectivity index (χ0) is 28.5. The number of primary amides is 1. The minimum Gasteiger partial charge on any atom is -0.368 e. The molecule has 2 amide bonds. The summed E-state index contributed by atoms with van der Waals surface area (Å²) in [5.74, 6) is 0.0617. The van der Waals surface area contributed by atoms with E-state index in [1.165, 1.54) is 0 Å². The summed E-state index contributed by atoms with van der Waals surface area (Å²) in [6.45, 7) is 2.62. The van der Waals surface area contributed by atoms with Gasteiger partial charge in [-0.25, -0.2) is 4.98 Å². The Morgan fingerprint density at radius 3 is 2.35 bits per heavy atom. The first-order chi connectivity index (χ1) is 19.4. The molecule has 1 unspecified atom stereocenters. The van der Waals surface area contributed by atoms with Gasteiger partial charge in [0.15, 0.2) is 11.4 Å². The highest BCUT2D eigenvalue weighted by Gasteiger charge is 2.36. The topological polar surface area (TPSA) is 107 Å². The van der Waals surface area contributed by atoms with Crippen molar-refractivity contribution in [1.82, 2.24) is 14.9 Å². The van der Waals surface area contributed by atoms with Crippen LogP contribution in [0, 0.1) is 0 Å². The Balaban J connectivity index is 1.56. The Kier molecular flexibility index (Phi) is 10.2. The molecule has 1 atom stereocenters. The Labute approximate surface area is 241 Å². The maximum absolute atomic E-state index is 13.4. The molecule has 0 aliphatic heterocycles. The van der Waals surface area contributed by atoms with Crippen LogP contribution in [0.4, 0.5) is 0 Å². The average molecular weight is 563 g/mol. The van der Waals surface area contributed by atoms with Crippen LogP contribution in [0.1, 0.15) is 104 Å². The second kappa shape index (κ2) is 13.8. The summed E-state index contributed by atoms with van der Waals surface area (Å²) < 4.78 is 1.91. The first kappa shape index (κ1) is 29.5. The van der Waals surface area contributed by atoms with Crippen molar-refractivity contribution in [3.05, 3.63) is 88.0 Å². The van der Waals surface area contributed by atoms with Gasteiger partial charge in [0, 0.05) is 24.8 Å². The number of imidazole rings is 1. The van der Waals surface area contributed by atoms with Crippen molar-refractivity contribution in [3.63, 3.8) is 0 Å². The molecule has 1 aromatic heterocycles. The first-order valence-electron chi connectivity index (χ1n) is 14.3. The largest absolute Gasteiger partial charge is 0.368 e. The Morgan fingerprint density at radius 1 is 1.07 bits per heavy atom. The molecule has 0 radical (unpaired) electrons. The minimum absolute atomic E-state index is 0.178. The SMILES string of the molecule is CCCCc1nc(Cl)c(C=O)n1Cc1ccc(C2(CC(=O)NC(C(N)=O)c3ccccc3)CCCCCC2)cc1. The van der Waals surface area contributed by atoms with Crippen molar-refractivity contribution >= 4 is 29.7 Å². The summed E-state index contributed by atoms with van der Waals surface area (Å²) in [5.41, 5.74) is 8.57. The van der Waals surface area contributed by atoms with Crippen LogP contribution in [0.5, 0.6) is 0 Å². The van der Waals surface area contributed by atoms with Gasteiger partial charge in [-0.15, -0.1) is 0 Å². The Hall–Kier alpha value is -3.45. The van der Waals surface area contributed by atoms with Crippen LogP contribution in [0.15, 0.2) is 54.6 Å². The molecule has 212 valence electrons. The van der Waals surface area contributed by atoms with Crippen molar-refractivity contribution in [2.45, 2.75) is 89.1 Å². The third-order valence-corrected chi connectivity index (χ3v) is 8.37. The molecule has 1 heterocycles. The molecule has 3 aromatic rings. The standard InChI is InChI=1S/C32H39ClN4O3/c1-2-3-13-27-35-30(33)26(22-38)37(27)21-23-14-16-25(17-15-23)32(18-9-4-5-10-19-32)20-28(39)36-29(31(34)40)24-11-7-6-8-12-24/h6-8,11-12,14-17,22,29H,2-5,9-10,13,18-21H2,1H3,(H2,34,40)(H,36,39). The van der Waals surface area contributed by atoms with E-state index >= 15 is 0 Å². The van der Waals surface area contributed by atoms with E-state index in [1.807, 2.05) is 22.8 Å². The molecule has 40 heavy (non-hydrogen) atoms. The summed E-state index contributed by atoms with van der Waals surface area (Å²) in [7, 11) is 0. The molecule has 1 aliphatic carbocycles. The fraction of sp³-hybridized carbons (Fsp3) is 0.438. The van der Waals surface area contributed by atoms with E-state index in [1.54, 1.807) is 12.1 Å². The van der Waals surface area contributed by atoms with Crippen LogP contribution < -0.4 is 11.1 Å². The van der Waals surface area contributed by atoms with Gasteiger partial charge in [0.05, 0.1) is 0 Å². The molecule has 4 rings (SSSR count). The highest BCUT2D eigenvalue weighted by atomic mass is 35.5. The molecule has 0 bridgehead atoms. The van der Waals surface area contributed by atoms with Gasteiger partial charge in [-0.3, -0.25) is 14.4 Å². The van der Waals surface area contributed by atoms with E-state index in [4.69, 9.17) is 17.3 Å². The molecule has 0 saturated heterocycles. The van der Waals surface area contributed by atoms with Gasteiger partial charge >= 0.3 is 0 Å². The quantitative estimate of drug-likeness (QED) is 0.206. The van der Waals surface area contributed by atoms with Crippen molar-refractivity contribution in [2.75, 3.05) is 0 Å². The number of carbonyl (C=O) groups is 3. The number of halogens is 1. The molecule has 0 spiro atoms. The van der Waals surface area contributed by atoms with Crippen LogP contribution in [0.3, 0.4) is 0 Å². The first-order valence-corrected chi connectivity index (χ1v) is 14.7. The van der Waals surface area contributed by atoms with E-state index in [0.29, 0.717) is 17.8 Å². The number of aldehydes is 1. The molecule has 8 heteroatoms. The lowest BCUT2D eigenvalue weighted by Crippen LogP contribution is -2.41. The second-order valence-corrected chi connectivity index (χ2v) is 11.3. The lowest BCUT2D eigenvalue weighted by Gasteiger charge is -2.34. The van der Waals surface area contributed by atoms with Crippen LogP contribution >= 0.6 is 11.6 Å². The van der Waals surface area contributed by atoms with Gasteiger partial charge < -0.3 is 15.6 Å². The maximum Gasteiger partial charge on any atom is 0.244 e. The number of carbonyl (C=O) groups excluding carboxylic acids is 3. The van der Waals surface area contributed by atoms with Crippen molar-refractivity contribution in [2.24, 2.45) is 5.73 Å². The number of nitrogens with two attached hydrogens (primary N) is 1. The van der Waals surface area contributed by atoms with Crippen LogP contribution in [0.2, 0.25) is 5.15 Å². The van der Waals surface area contributed by atoms with Crippen LogP contribution in [0.25, 0.3) is 0 Å². The molecular formula is C32H39ClN4O3. The summed E-state index contributed by atoms with van der Waals surface area (Å²) >= 11 is 6.27. The molecule has 3 N–H and O–H groups in total. The van der Waals surface area contributed by atoms with Gasteiger partial charge in [0.1, 0.15) is 17.6 Å². The highest BCUT2D eigenvalue weighted by Crippen LogP contribution is 2.41. The number of amides is 2. The highest BCUT2D eigenvalue weighted by molar-refractivity contribution is 6.31. The van der Waals surface area contributed by atoms with Crippen molar-refractivity contribution in [3.8, 4) is 0 Å². The van der Waals surface area contributed by atoms with E-state index in [2.05, 4.69) is 41.5 Å². The van der Waals surface area contributed by atoms with E-state index in [-0.39, 0.29) is 22.9 Å². The van der Waals surface area contributed by atoms with Gasteiger partial charge in [-0.05, 0) is 36.0 Å². The van der Waals surface area contributed by atoms with Crippen LogP contribution in [-0.4, -0.2) is 27.7 Å². The number of benzene rings is 2. The number of aryl methyl sites for hydroxylation is 1. The van der Waals surface area contributed by atoms with E-state index < -0.39 is 11.9 Å². The zero-order valence-electron chi connectivity index (χ0n) is 23.2. The van der Waals surface area contributed by atoms with Gasteiger partial charge in [0.2, 0.25) is 11.8 Å². The number of aromatic nitrogens is 2. The Bertz CT molecular complexity index is 1300. The normalized spacial score (nSPS) is 15.7. The second-order valence-electron chi connectivity index (χ2n) is 10.9. The molecule has 1 aliphatic rings. The minimum atomic E-state index is -0.866. The smallest absolute Gasteiger partial charge is 0.244 e. The van der Waals surface area contributed by atoms with E-state index in [9.17, 15) is 14.4 Å². The predicted molar refractivity (Wildman–Crippen MR) is 157 cm³/mol. The fourth-order valence-electron chi connectivity index (χ4n) is 5.90. The number of rotatable bonds is 12. The zero-order valence-corrected chi connectivity index (χ0v) is 24.0. The third kappa shape index (κ3) is 7.00. The predicted octanol–water partition coefficient (Wildman–Crippen LogP) is 6.06. The number of hydrogen-bond acceptors (Lipinski definition) is 4. The summed E-state index contributed by atoms with van der Waals surface area (Å²) in [4.78, 5) is 41.8. The van der Waals surface area contributed by atoms with Gasteiger partial charge in [-0.1, -0.05) is 105 Å².